The molecule has 4 N–H and O–H groups in total. The van der Waals surface area contributed by atoms with Gasteiger partial charge in [-0.3, -0.25) is 4.84 Å². The van der Waals surface area contributed by atoms with Crippen LogP contribution in [0.5, 0.6) is 0 Å². The zero-order valence-electron chi connectivity index (χ0n) is 12.5. The van der Waals surface area contributed by atoms with Crippen LogP contribution in [0.4, 0.5) is 5.82 Å². The molecule has 0 aliphatic carbocycles. The zero-order valence-corrected chi connectivity index (χ0v) is 12.5. The number of hydrogen-bond donors (Lipinski definition) is 4. The highest BCUT2D eigenvalue weighted by molar-refractivity contribution is 5.91. The summed E-state index contributed by atoms with van der Waals surface area (Å²) < 4.78 is 7.36. The summed E-state index contributed by atoms with van der Waals surface area (Å²) in [7, 11) is 0. The summed E-state index contributed by atoms with van der Waals surface area (Å²) in [5.74, 6) is 0.554. The van der Waals surface area contributed by atoms with Gasteiger partial charge in [0, 0.05) is 12.6 Å². The Kier molecular flexibility index (Phi) is 3.29. The molecule has 2 aliphatic rings. The molecule has 0 aromatic carbocycles. The number of aromatic nitrogens is 3. The van der Waals surface area contributed by atoms with Crippen molar-refractivity contribution in [1.29, 1.82) is 0 Å². The molecule has 0 bridgehead atoms. The normalized spacial score (nSPS) is 33.7. The van der Waals surface area contributed by atoms with Crippen LogP contribution in [-0.4, -0.2) is 60.9 Å². The molecule has 0 spiro atoms. The fourth-order valence-corrected chi connectivity index (χ4v) is 3.28. The molecule has 4 heterocycles. The largest absolute Gasteiger partial charge is 0.394 e. The first-order valence-electron chi connectivity index (χ1n) is 7.43. The van der Waals surface area contributed by atoms with E-state index in [-0.39, 0.29) is 6.61 Å². The predicted octanol–water partition coefficient (Wildman–Crippen LogP) is -0.668. The molecule has 1 fully saturated rings. The average Bonchev–Trinajstić information content (AvgIpc) is 2.90. The average molecular weight is 322 g/mol. The lowest BCUT2D eigenvalue weighted by Crippen LogP contribution is -2.44. The van der Waals surface area contributed by atoms with Gasteiger partial charge in [0.25, 0.3) is 0 Å². The summed E-state index contributed by atoms with van der Waals surface area (Å²) in [6.45, 7) is 1.58. The Hall–Kier alpha value is -1.78. The van der Waals surface area contributed by atoms with Crippen LogP contribution in [-0.2, 0) is 16.0 Å². The molecule has 9 nitrogen and oxygen atoms in total. The van der Waals surface area contributed by atoms with Crippen LogP contribution >= 0.6 is 0 Å². The number of rotatable bonds is 2. The van der Waals surface area contributed by atoms with Gasteiger partial charge < -0.3 is 24.6 Å². The maximum Gasteiger partial charge on any atom is 0.167 e. The van der Waals surface area contributed by atoms with Crippen molar-refractivity contribution in [2.24, 2.45) is 0 Å². The summed E-state index contributed by atoms with van der Waals surface area (Å²) in [5.41, 5.74) is 2.75. The van der Waals surface area contributed by atoms with Gasteiger partial charge in [-0.15, -0.1) is 0 Å². The molecular weight excluding hydrogens is 304 g/mol. The van der Waals surface area contributed by atoms with Gasteiger partial charge in [0.05, 0.1) is 18.6 Å². The van der Waals surface area contributed by atoms with Crippen molar-refractivity contribution in [1.82, 2.24) is 14.5 Å². The number of aliphatic hydroxyl groups is 3. The van der Waals surface area contributed by atoms with E-state index in [1.165, 1.54) is 13.3 Å². The minimum Gasteiger partial charge on any atom is -0.394 e. The number of anilines is 1. The van der Waals surface area contributed by atoms with Crippen LogP contribution in [0.1, 0.15) is 18.7 Å². The first-order valence-corrected chi connectivity index (χ1v) is 7.43. The Balaban J connectivity index is 1.87. The molecule has 1 saturated heterocycles. The number of nitrogens with one attached hydrogen (secondary N) is 1. The second-order valence-corrected chi connectivity index (χ2v) is 6.06. The van der Waals surface area contributed by atoms with E-state index in [2.05, 4.69) is 15.4 Å². The van der Waals surface area contributed by atoms with Crippen LogP contribution in [0.15, 0.2) is 12.5 Å². The first kappa shape index (κ1) is 14.8. The van der Waals surface area contributed by atoms with Crippen molar-refractivity contribution in [3.63, 3.8) is 0 Å². The van der Waals surface area contributed by atoms with Gasteiger partial charge in [0.15, 0.2) is 12.0 Å². The van der Waals surface area contributed by atoms with E-state index in [0.717, 1.165) is 10.9 Å². The fourth-order valence-electron chi connectivity index (χ4n) is 3.28. The fraction of sp³-hybridized carbons (Fsp3) is 0.571. The smallest absolute Gasteiger partial charge is 0.167 e. The van der Waals surface area contributed by atoms with Crippen molar-refractivity contribution in [3.8, 4) is 0 Å². The molecule has 124 valence electrons. The van der Waals surface area contributed by atoms with Crippen LogP contribution in [0, 0.1) is 0 Å². The standard InChI is InChI=1S/C14H18N4O5/c1-14(21)10(20)8(5-19)23-13(14)18-4-7-2-3-22-17-11-9(7)12(18)16-6-15-11/h4,6,8,10,13,19-21H,2-3,5H2,1H3,(H,15,16,17)/t8-,10-,13?,14-/m1/s1. The maximum absolute atomic E-state index is 10.7. The summed E-state index contributed by atoms with van der Waals surface area (Å²) in [6, 6.07) is 0. The highest BCUT2D eigenvalue weighted by Gasteiger charge is 2.53. The van der Waals surface area contributed by atoms with Gasteiger partial charge in [0.1, 0.15) is 29.8 Å². The van der Waals surface area contributed by atoms with Crippen molar-refractivity contribution in [3.05, 3.63) is 18.1 Å². The van der Waals surface area contributed by atoms with Crippen molar-refractivity contribution in [2.45, 2.75) is 37.4 Å². The van der Waals surface area contributed by atoms with E-state index in [9.17, 15) is 15.3 Å². The maximum atomic E-state index is 10.7. The van der Waals surface area contributed by atoms with E-state index in [1.54, 1.807) is 4.57 Å². The molecule has 0 amide bonds. The van der Waals surface area contributed by atoms with Crippen molar-refractivity contribution in [2.75, 3.05) is 18.7 Å². The van der Waals surface area contributed by atoms with Gasteiger partial charge in [-0.1, -0.05) is 0 Å². The minimum absolute atomic E-state index is 0.379. The van der Waals surface area contributed by atoms with Gasteiger partial charge in [0.2, 0.25) is 0 Å². The Labute approximate surface area is 131 Å². The zero-order chi connectivity index (χ0) is 16.2. The van der Waals surface area contributed by atoms with Crippen LogP contribution in [0.3, 0.4) is 0 Å². The summed E-state index contributed by atoms with van der Waals surface area (Å²) in [6.07, 6.45) is 0.945. The lowest BCUT2D eigenvalue weighted by molar-refractivity contribution is -0.0948. The monoisotopic (exact) mass is 322 g/mol. The van der Waals surface area contributed by atoms with Crippen LogP contribution in [0.2, 0.25) is 0 Å². The quantitative estimate of drug-likeness (QED) is 0.574. The number of aliphatic hydroxyl groups excluding tert-OH is 2. The van der Waals surface area contributed by atoms with Gasteiger partial charge in [-0.2, -0.15) is 0 Å². The molecule has 2 aliphatic heterocycles. The summed E-state index contributed by atoms with van der Waals surface area (Å²) in [4.78, 5) is 13.7. The molecule has 23 heavy (non-hydrogen) atoms. The van der Waals surface area contributed by atoms with E-state index >= 15 is 0 Å². The Morgan fingerprint density at radius 1 is 1.48 bits per heavy atom. The van der Waals surface area contributed by atoms with Gasteiger partial charge in [-0.25, -0.2) is 15.4 Å². The van der Waals surface area contributed by atoms with E-state index in [1.807, 2.05) is 6.20 Å². The van der Waals surface area contributed by atoms with Crippen molar-refractivity contribution < 1.29 is 24.9 Å². The number of hydrogen-bond acceptors (Lipinski definition) is 8. The third kappa shape index (κ3) is 2.05. The topological polar surface area (TPSA) is 122 Å². The Morgan fingerprint density at radius 2 is 2.30 bits per heavy atom. The number of ether oxygens (including phenoxy) is 1. The van der Waals surface area contributed by atoms with Gasteiger partial charge >= 0.3 is 0 Å². The highest BCUT2D eigenvalue weighted by atomic mass is 16.6. The second kappa shape index (κ2) is 5.11. The van der Waals surface area contributed by atoms with E-state index in [0.29, 0.717) is 24.5 Å². The molecule has 0 saturated carbocycles. The molecule has 0 radical (unpaired) electrons. The highest BCUT2D eigenvalue weighted by Crippen LogP contribution is 2.41. The molecule has 9 heteroatoms. The molecular formula is C14H18N4O5. The molecule has 1 unspecified atom stereocenters. The summed E-state index contributed by atoms with van der Waals surface area (Å²) in [5, 5.41) is 31.0. The molecule has 2 aromatic rings. The molecule has 2 aromatic heterocycles. The van der Waals surface area contributed by atoms with Gasteiger partial charge in [-0.05, 0) is 12.5 Å². The lowest BCUT2D eigenvalue weighted by atomic mass is 9.96. The van der Waals surface area contributed by atoms with Crippen LogP contribution in [0.25, 0.3) is 11.0 Å². The lowest BCUT2D eigenvalue weighted by Gasteiger charge is -2.27. The SMILES string of the molecule is C[C@]1(O)C(n2cc3c4c(ncnc42)NOCC3)O[C@H](CO)[C@H]1O. The molecule has 4 atom stereocenters. The third-order valence-electron chi connectivity index (χ3n) is 4.52. The van der Waals surface area contributed by atoms with Crippen LogP contribution < -0.4 is 5.48 Å². The Bertz CT molecular complexity index is 746. The van der Waals surface area contributed by atoms with E-state index < -0.39 is 24.0 Å². The Morgan fingerprint density at radius 3 is 3.04 bits per heavy atom. The predicted molar refractivity (Wildman–Crippen MR) is 78.4 cm³/mol. The second-order valence-electron chi connectivity index (χ2n) is 6.06. The van der Waals surface area contributed by atoms with E-state index in [4.69, 9.17) is 9.57 Å². The molecule has 4 rings (SSSR count). The van der Waals surface area contributed by atoms with Crippen molar-refractivity contribution >= 4 is 16.9 Å². The first-order chi connectivity index (χ1) is 11.0. The summed E-state index contributed by atoms with van der Waals surface area (Å²) >= 11 is 0. The number of nitrogens with zero attached hydrogens (tertiary/aromatic N) is 3. The minimum atomic E-state index is -1.56. The third-order valence-corrected chi connectivity index (χ3v) is 4.52.